The molecule has 24 N–H and O–H groups in total. The van der Waals surface area contributed by atoms with Crippen LogP contribution >= 0.6 is 0 Å². The first kappa shape index (κ1) is 93.5. The highest BCUT2D eigenvalue weighted by Crippen LogP contribution is 2.22. The van der Waals surface area contributed by atoms with E-state index in [2.05, 4.69) is 63.5 Å². The summed E-state index contributed by atoms with van der Waals surface area (Å²) in [6, 6.07) is -10.9. The van der Waals surface area contributed by atoms with Crippen LogP contribution in [-0.2, 0) is 67.1 Å². The molecular formula is C62H100F6N16O19. The molecule has 0 aromatic heterocycles. The van der Waals surface area contributed by atoms with Crippen molar-refractivity contribution in [3.63, 3.8) is 0 Å². The summed E-state index contributed by atoms with van der Waals surface area (Å²) in [7, 11) is 0. The Bertz CT molecular complexity index is 3030. The number of aliphatic hydroxyl groups excluding tert-OH is 3. The number of hydrogen-bond donors (Lipinski definition) is 20. The number of hydrogen-bond acceptors (Lipinski definition) is 19. The largest absolute Gasteiger partial charge is 0.490 e. The third-order valence-corrected chi connectivity index (χ3v) is 14.9. The minimum atomic E-state index is -5.08. The van der Waals surface area contributed by atoms with Crippen LogP contribution in [0.15, 0.2) is 35.3 Å². The first-order chi connectivity index (χ1) is 47.5. The molecule has 14 atom stereocenters. The molecule has 0 spiro atoms. The van der Waals surface area contributed by atoms with Gasteiger partial charge in [0.05, 0.1) is 43.9 Å². The lowest BCUT2D eigenvalue weighted by molar-refractivity contribution is -0.193. The predicted octanol–water partition coefficient (Wildman–Crippen LogP) is -3.57. The third-order valence-electron chi connectivity index (χ3n) is 14.9. The van der Waals surface area contributed by atoms with Crippen molar-refractivity contribution in [3.8, 4) is 0 Å². The molecule has 41 heteroatoms. The van der Waals surface area contributed by atoms with Crippen molar-refractivity contribution in [1.82, 2.24) is 58.5 Å². The van der Waals surface area contributed by atoms with Crippen LogP contribution in [-0.4, -0.2) is 219 Å². The van der Waals surface area contributed by atoms with Gasteiger partial charge in [-0.2, -0.15) is 26.3 Å². The second-order valence-corrected chi connectivity index (χ2v) is 25.7. The fraction of sp³-hybridized carbons (Fsp3) is 0.661. The van der Waals surface area contributed by atoms with Crippen molar-refractivity contribution in [2.45, 2.75) is 212 Å². The number of carbonyl (C=O) groups is 14. The fourth-order valence-corrected chi connectivity index (χ4v) is 9.37. The Labute approximate surface area is 589 Å². The molecule has 1 aliphatic rings. The standard InChI is InChI=1S/C58H98N16O15.2C2HF3O2/c1-12-31(10)42-55(87)71-43(32(11)76)54(86)64-25-41(78)65-38(24-40(60)77)51(83)69-39(26-75)53(85)72-44(33-17-14-13-15-18-33)45(73-52(84)37(23-29(6)7)67-48(80)34(59)21-27(2)3)56(88)74-46(47(79)30(8)9)57(89)68-36(22-28(4)5)50(82)66-35(49(81)70-42)19-16-20-63-58(61)62;2*3-2(4,5)1(6)7/h13-15,17-18,27-32,34-39,42-47,75-76,79H,12,16,19-26,59H2,1-11H3,(H2,60,77)(H,64,86)(H,65,78)(H,66,82)(H,67,80)(H,68,89)(H,69,83)(H,70,81)(H,71,87)(H,72,85)(H,73,84)(H,74,88)(H4,61,62,63);2*(H,6,7)/t31-,32+,34+,35+,36-,37-,38-,39-,42-,43-,44+,45-,46-,47+;;/m0../s1. The number of carboxylic acids is 2. The summed E-state index contributed by atoms with van der Waals surface area (Å²) in [5.41, 5.74) is 22.9. The van der Waals surface area contributed by atoms with Crippen LogP contribution < -0.4 is 81.4 Å². The molecule has 0 bridgehead atoms. The van der Waals surface area contributed by atoms with Gasteiger partial charge in [-0.1, -0.05) is 106 Å². The van der Waals surface area contributed by atoms with E-state index < -0.39 is 205 Å². The summed E-state index contributed by atoms with van der Waals surface area (Å²) in [6.07, 6.45) is -14.2. The van der Waals surface area contributed by atoms with Crippen molar-refractivity contribution in [3.05, 3.63) is 35.9 Å². The van der Waals surface area contributed by atoms with Crippen LogP contribution in [0.1, 0.15) is 133 Å². The van der Waals surface area contributed by atoms with E-state index in [4.69, 9.17) is 42.7 Å². The Balaban J connectivity index is 0.00000668. The topological polar surface area (TPSA) is 589 Å². The van der Waals surface area contributed by atoms with Crippen molar-refractivity contribution in [1.29, 1.82) is 0 Å². The maximum Gasteiger partial charge on any atom is 0.490 e. The summed E-state index contributed by atoms with van der Waals surface area (Å²) in [4.78, 5) is 192. The molecule has 1 heterocycles. The Kier molecular flexibility index (Phi) is 40.6. The second kappa shape index (κ2) is 44.8. The first-order valence-corrected chi connectivity index (χ1v) is 32.5. The molecule has 2 rings (SSSR count). The smallest absolute Gasteiger partial charge is 0.475 e. The lowest BCUT2D eigenvalue weighted by Crippen LogP contribution is -2.65. The monoisotopic (exact) mass is 1490 g/mol. The molecule has 1 fully saturated rings. The van der Waals surface area contributed by atoms with Gasteiger partial charge < -0.3 is 107 Å². The Morgan fingerprint density at radius 3 is 1.53 bits per heavy atom. The number of rotatable bonds is 23. The molecular weight excluding hydrogens is 1390 g/mol. The summed E-state index contributed by atoms with van der Waals surface area (Å²) in [6.45, 7) is 15.9. The van der Waals surface area contributed by atoms with E-state index >= 15 is 4.79 Å². The van der Waals surface area contributed by atoms with Crippen LogP contribution in [0, 0.1) is 29.6 Å². The quantitative estimate of drug-likeness (QED) is 0.0218. The van der Waals surface area contributed by atoms with Crippen molar-refractivity contribution in [2.24, 2.45) is 57.5 Å². The zero-order valence-electron chi connectivity index (χ0n) is 58.8. The molecule has 35 nitrogen and oxygen atoms in total. The number of carbonyl (C=O) groups excluding carboxylic acids is 12. The van der Waals surface area contributed by atoms with Crippen LogP contribution in [0.4, 0.5) is 26.3 Å². The SMILES string of the molecule is CC[C@H](C)[C@@H]1NC(=O)[C@@H](CCCN=C(N)N)NC(=O)[C@H](CC(C)C)NC(=O)[C@H]([C@H](O)C(C)C)NC(=O)[C@@H](NC(=O)[C@H](CC(C)C)NC(=O)[C@H](N)CC(C)C)[C@@H](c2ccccc2)NC(=O)[C@H](CO)NC(=O)[C@H](CC(N)=O)NC(=O)CNC(=O)[C@H]([C@@H](C)O)NC1=O.O=C(O)C(F)(F)F.O=C(O)C(F)(F)F. The summed E-state index contributed by atoms with van der Waals surface area (Å²) in [5.74, 6) is -20.9. The highest BCUT2D eigenvalue weighted by atomic mass is 19.4. The summed E-state index contributed by atoms with van der Waals surface area (Å²) < 4.78 is 63.5. The molecule has 1 aromatic carbocycles. The zero-order valence-corrected chi connectivity index (χ0v) is 58.8. The zero-order chi connectivity index (χ0) is 79.7. The lowest BCUT2D eigenvalue weighted by Gasteiger charge is -2.34. The molecule has 1 aliphatic heterocycles. The van der Waals surface area contributed by atoms with Gasteiger partial charge in [0.1, 0.15) is 54.4 Å². The van der Waals surface area contributed by atoms with E-state index in [0.29, 0.717) is 0 Å². The highest BCUT2D eigenvalue weighted by molar-refractivity contribution is 6.00. The normalized spacial score (nSPS) is 22.7. The van der Waals surface area contributed by atoms with Crippen LogP contribution in [0.25, 0.3) is 0 Å². The van der Waals surface area contributed by atoms with E-state index in [1.807, 2.05) is 13.8 Å². The number of benzene rings is 1. The van der Waals surface area contributed by atoms with E-state index in [-0.39, 0.29) is 74.3 Å². The Hall–Kier alpha value is -9.51. The van der Waals surface area contributed by atoms with Gasteiger partial charge in [0.25, 0.3) is 0 Å². The number of nitrogens with zero attached hydrogens (tertiary/aromatic N) is 1. The number of primary amides is 1. The number of amides is 12. The minimum absolute atomic E-state index is 0.0258. The maximum atomic E-state index is 15.4. The highest BCUT2D eigenvalue weighted by Gasteiger charge is 2.43. The number of alkyl halides is 6. The molecule has 12 amide bonds. The van der Waals surface area contributed by atoms with Crippen LogP contribution in [0.2, 0.25) is 0 Å². The molecule has 0 radical (unpaired) electrons. The molecule has 0 saturated carbocycles. The third kappa shape index (κ3) is 35.3. The van der Waals surface area contributed by atoms with Gasteiger partial charge in [0.15, 0.2) is 5.96 Å². The Morgan fingerprint density at radius 1 is 0.592 bits per heavy atom. The maximum absolute atomic E-state index is 15.4. The number of aliphatic imine (C=N–C) groups is 1. The first-order valence-electron chi connectivity index (χ1n) is 32.5. The molecule has 0 aliphatic carbocycles. The van der Waals surface area contributed by atoms with Crippen molar-refractivity contribution < 1.29 is 119 Å². The number of nitrogens with one attached hydrogen (secondary N) is 11. The van der Waals surface area contributed by atoms with Gasteiger partial charge in [-0.05, 0) is 74.2 Å². The number of aliphatic carboxylic acids is 2. The summed E-state index contributed by atoms with van der Waals surface area (Å²) >= 11 is 0. The minimum Gasteiger partial charge on any atom is -0.475 e. The average molecular weight is 1490 g/mol. The second-order valence-electron chi connectivity index (χ2n) is 25.7. The number of guanidine groups is 1. The summed E-state index contributed by atoms with van der Waals surface area (Å²) in [5, 5.41) is 74.9. The number of carboxylic acid groups (broad SMARTS) is 2. The van der Waals surface area contributed by atoms with E-state index in [0.717, 1.165) is 6.92 Å². The molecule has 1 aromatic rings. The molecule has 0 unspecified atom stereocenters. The van der Waals surface area contributed by atoms with Crippen molar-refractivity contribution in [2.75, 3.05) is 19.7 Å². The Morgan fingerprint density at radius 2 is 1.07 bits per heavy atom. The molecule has 103 heavy (non-hydrogen) atoms. The van der Waals surface area contributed by atoms with Crippen molar-refractivity contribution >= 4 is 88.8 Å². The van der Waals surface area contributed by atoms with E-state index in [9.17, 15) is 94.4 Å². The number of halogens is 6. The van der Waals surface area contributed by atoms with Crippen LogP contribution in [0.3, 0.4) is 0 Å². The van der Waals surface area contributed by atoms with Crippen LogP contribution in [0.5, 0.6) is 0 Å². The van der Waals surface area contributed by atoms with Gasteiger partial charge >= 0.3 is 24.3 Å². The predicted molar refractivity (Wildman–Crippen MR) is 354 cm³/mol. The lowest BCUT2D eigenvalue weighted by atomic mass is 9.94. The number of nitrogens with two attached hydrogens (primary N) is 4. The van der Waals surface area contributed by atoms with Gasteiger partial charge in [0, 0.05) is 6.54 Å². The van der Waals surface area contributed by atoms with Gasteiger partial charge in [0.2, 0.25) is 70.9 Å². The molecule has 1 saturated heterocycles. The van der Waals surface area contributed by atoms with Gasteiger partial charge in [-0.15, -0.1) is 0 Å². The fourth-order valence-electron chi connectivity index (χ4n) is 9.37. The van der Waals surface area contributed by atoms with E-state index in [1.165, 1.54) is 38.1 Å². The van der Waals surface area contributed by atoms with E-state index in [1.54, 1.807) is 47.6 Å². The molecule has 584 valence electrons. The van der Waals surface area contributed by atoms with Gasteiger partial charge in [-0.25, -0.2) is 9.59 Å². The number of aliphatic hydroxyl groups is 3. The van der Waals surface area contributed by atoms with Gasteiger partial charge in [-0.3, -0.25) is 62.5 Å². The average Bonchev–Trinajstić information content (AvgIpc) is 0.813.